The summed E-state index contributed by atoms with van der Waals surface area (Å²) in [6.07, 6.45) is 0. The van der Waals surface area contributed by atoms with Gasteiger partial charge in [-0.2, -0.15) is 5.26 Å². The standard InChI is InChI=1S/C7H7N3O3S2/c1-5(11)6-4-14-7(9-6)10-15(12,13)3-2-8/h4H,3H2,1H3,(H,9,10). The smallest absolute Gasteiger partial charge is 0.247 e. The Hall–Kier alpha value is -1.46. The largest absolute Gasteiger partial charge is 0.293 e. The Morgan fingerprint density at radius 2 is 2.40 bits per heavy atom. The number of aromatic nitrogens is 1. The fourth-order valence-corrected chi connectivity index (χ4v) is 2.46. The summed E-state index contributed by atoms with van der Waals surface area (Å²) in [7, 11) is -3.67. The van der Waals surface area contributed by atoms with Crippen LogP contribution in [0.2, 0.25) is 0 Å². The van der Waals surface area contributed by atoms with Crippen molar-refractivity contribution < 1.29 is 13.2 Å². The first kappa shape index (κ1) is 11.6. The van der Waals surface area contributed by atoms with Crippen LogP contribution in [-0.4, -0.2) is 24.9 Å². The minimum absolute atomic E-state index is 0.0930. The number of thiazole rings is 1. The SMILES string of the molecule is CC(=O)c1csc(NS(=O)(=O)CC#N)n1. The van der Waals surface area contributed by atoms with Gasteiger partial charge in [0, 0.05) is 12.3 Å². The number of hydrogen-bond acceptors (Lipinski definition) is 6. The number of anilines is 1. The lowest BCUT2D eigenvalue weighted by Gasteiger charge is -1.98. The number of nitrogens with zero attached hydrogens (tertiary/aromatic N) is 2. The molecule has 1 heterocycles. The zero-order valence-corrected chi connectivity index (χ0v) is 9.35. The molecule has 1 aromatic heterocycles. The van der Waals surface area contributed by atoms with Gasteiger partial charge >= 0.3 is 0 Å². The van der Waals surface area contributed by atoms with Gasteiger partial charge in [-0.3, -0.25) is 9.52 Å². The molecule has 1 N–H and O–H groups in total. The van der Waals surface area contributed by atoms with Crippen LogP contribution in [-0.2, 0) is 10.0 Å². The summed E-state index contributed by atoms with van der Waals surface area (Å²) in [6.45, 7) is 1.34. The van der Waals surface area contributed by atoms with Crippen molar-refractivity contribution in [1.82, 2.24) is 4.98 Å². The van der Waals surface area contributed by atoms with E-state index in [2.05, 4.69) is 9.71 Å². The minimum Gasteiger partial charge on any atom is -0.293 e. The van der Waals surface area contributed by atoms with E-state index in [-0.39, 0.29) is 16.6 Å². The molecule has 15 heavy (non-hydrogen) atoms. The van der Waals surface area contributed by atoms with E-state index in [1.165, 1.54) is 18.4 Å². The molecule has 8 heteroatoms. The van der Waals surface area contributed by atoms with E-state index in [0.29, 0.717) is 0 Å². The zero-order chi connectivity index (χ0) is 11.5. The van der Waals surface area contributed by atoms with Crippen molar-refractivity contribution in [3.05, 3.63) is 11.1 Å². The molecule has 0 aliphatic rings. The second-order valence-corrected chi connectivity index (χ2v) is 5.19. The lowest BCUT2D eigenvalue weighted by atomic mass is 10.4. The zero-order valence-electron chi connectivity index (χ0n) is 7.72. The molecule has 0 spiro atoms. The predicted molar refractivity (Wildman–Crippen MR) is 55.1 cm³/mol. The maximum atomic E-state index is 11.1. The highest BCUT2D eigenvalue weighted by molar-refractivity contribution is 7.93. The van der Waals surface area contributed by atoms with E-state index in [0.717, 1.165) is 11.3 Å². The first-order chi connectivity index (χ1) is 6.94. The molecule has 1 rings (SSSR count). The van der Waals surface area contributed by atoms with Crippen molar-refractivity contribution in [2.24, 2.45) is 0 Å². The van der Waals surface area contributed by atoms with Crippen LogP contribution < -0.4 is 4.72 Å². The summed E-state index contributed by atoms with van der Waals surface area (Å²) in [6, 6.07) is 1.52. The molecular formula is C7H7N3O3S2. The maximum absolute atomic E-state index is 11.1. The van der Waals surface area contributed by atoms with Crippen molar-refractivity contribution in [1.29, 1.82) is 5.26 Å². The highest BCUT2D eigenvalue weighted by Gasteiger charge is 2.13. The van der Waals surface area contributed by atoms with E-state index in [1.807, 2.05) is 0 Å². The van der Waals surface area contributed by atoms with Crippen LogP contribution in [0.4, 0.5) is 5.13 Å². The van der Waals surface area contributed by atoms with E-state index in [1.54, 1.807) is 0 Å². The number of rotatable bonds is 4. The number of nitrogens with one attached hydrogen (secondary N) is 1. The molecule has 0 bridgehead atoms. The Kier molecular flexibility index (Phi) is 3.39. The summed E-state index contributed by atoms with van der Waals surface area (Å²) < 4.78 is 24.4. The fraction of sp³-hybridized carbons (Fsp3) is 0.286. The molecule has 0 unspecified atom stereocenters. The molecule has 0 radical (unpaired) electrons. The predicted octanol–water partition coefficient (Wildman–Crippen LogP) is 0.611. The molecule has 80 valence electrons. The highest BCUT2D eigenvalue weighted by atomic mass is 32.2. The third kappa shape index (κ3) is 3.30. The van der Waals surface area contributed by atoms with Crippen LogP contribution in [0.15, 0.2) is 5.38 Å². The van der Waals surface area contributed by atoms with Gasteiger partial charge in [-0.25, -0.2) is 13.4 Å². The Labute approximate surface area is 90.6 Å². The van der Waals surface area contributed by atoms with E-state index >= 15 is 0 Å². The second-order valence-electron chi connectivity index (χ2n) is 2.61. The van der Waals surface area contributed by atoms with Crippen LogP contribution in [0.5, 0.6) is 0 Å². The number of carbonyl (C=O) groups is 1. The quantitative estimate of drug-likeness (QED) is 0.783. The highest BCUT2D eigenvalue weighted by Crippen LogP contribution is 2.16. The van der Waals surface area contributed by atoms with Gasteiger partial charge in [0.2, 0.25) is 10.0 Å². The third-order valence-electron chi connectivity index (χ3n) is 1.36. The van der Waals surface area contributed by atoms with Gasteiger partial charge in [0.15, 0.2) is 16.7 Å². The Balaban J connectivity index is 2.83. The molecule has 0 aliphatic heterocycles. The molecule has 1 aromatic rings. The van der Waals surface area contributed by atoms with Gasteiger partial charge < -0.3 is 0 Å². The molecule has 0 aromatic carbocycles. The molecule has 0 fully saturated rings. The Bertz CT molecular complexity index is 512. The number of Topliss-reactive ketones (excluding diaryl/α,β-unsaturated/α-hetero) is 1. The van der Waals surface area contributed by atoms with Crippen molar-refractivity contribution in [2.45, 2.75) is 6.92 Å². The number of hydrogen-bond donors (Lipinski definition) is 1. The van der Waals surface area contributed by atoms with Crippen LogP contribution in [0.25, 0.3) is 0 Å². The molecule has 0 amide bonds. The number of ketones is 1. The van der Waals surface area contributed by atoms with Crippen LogP contribution in [0.3, 0.4) is 0 Å². The van der Waals surface area contributed by atoms with Crippen LogP contribution >= 0.6 is 11.3 Å². The lowest BCUT2D eigenvalue weighted by molar-refractivity contribution is 0.101. The lowest BCUT2D eigenvalue weighted by Crippen LogP contribution is -2.15. The Morgan fingerprint density at radius 1 is 1.73 bits per heavy atom. The molecular weight excluding hydrogens is 238 g/mol. The normalized spacial score (nSPS) is 10.7. The first-order valence-corrected chi connectivity index (χ1v) is 6.32. The Morgan fingerprint density at radius 3 is 2.87 bits per heavy atom. The number of carbonyl (C=O) groups excluding carboxylic acids is 1. The van der Waals surface area contributed by atoms with Gasteiger partial charge in [0.25, 0.3) is 0 Å². The molecule has 0 aliphatic carbocycles. The van der Waals surface area contributed by atoms with Crippen molar-refractivity contribution in [3.8, 4) is 6.07 Å². The van der Waals surface area contributed by atoms with Gasteiger partial charge in [-0.1, -0.05) is 0 Å². The van der Waals surface area contributed by atoms with Gasteiger partial charge in [0.05, 0.1) is 6.07 Å². The second kappa shape index (κ2) is 4.37. The van der Waals surface area contributed by atoms with Gasteiger partial charge in [-0.05, 0) is 0 Å². The summed E-state index contributed by atoms with van der Waals surface area (Å²) in [5.74, 6) is -0.876. The van der Waals surface area contributed by atoms with Gasteiger partial charge in [-0.15, -0.1) is 11.3 Å². The molecule has 0 atom stereocenters. The molecule has 0 saturated heterocycles. The molecule has 6 nitrogen and oxygen atoms in total. The van der Waals surface area contributed by atoms with E-state index in [9.17, 15) is 13.2 Å². The minimum atomic E-state index is -3.67. The van der Waals surface area contributed by atoms with E-state index < -0.39 is 15.8 Å². The number of sulfonamides is 1. The van der Waals surface area contributed by atoms with Crippen LogP contribution in [0, 0.1) is 11.3 Å². The summed E-state index contributed by atoms with van der Waals surface area (Å²) in [4.78, 5) is 14.6. The summed E-state index contributed by atoms with van der Waals surface area (Å²) in [5, 5.41) is 9.78. The van der Waals surface area contributed by atoms with Crippen LogP contribution in [0.1, 0.15) is 17.4 Å². The van der Waals surface area contributed by atoms with Crippen molar-refractivity contribution >= 4 is 32.3 Å². The van der Waals surface area contributed by atoms with Crippen molar-refractivity contribution in [2.75, 3.05) is 10.5 Å². The van der Waals surface area contributed by atoms with Crippen molar-refractivity contribution in [3.63, 3.8) is 0 Å². The van der Waals surface area contributed by atoms with Gasteiger partial charge in [0.1, 0.15) is 5.69 Å². The summed E-state index contributed by atoms with van der Waals surface area (Å²) >= 11 is 0.999. The summed E-state index contributed by atoms with van der Waals surface area (Å²) in [5.41, 5.74) is 0.203. The monoisotopic (exact) mass is 245 g/mol. The molecule has 0 saturated carbocycles. The maximum Gasteiger partial charge on any atom is 0.247 e. The fourth-order valence-electron chi connectivity index (χ4n) is 0.736. The number of nitriles is 1. The first-order valence-electron chi connectivity index (χ1n) is 3.78. The topological polar surface area (TPSA) is 99.9 Å². The average molecular weight is 245 g/mol. The van der Waals surface area contributed by atoms with E-state index in [4.69, 9.17) is 5.26 Å². The average Bonchev–Trinajstić information content (AvgIpc) is 2.51. The third-order valence-corrected chi connectivity index (χ3v) is 3.26.